The van der Waals surface area contributed by atoms with E-state index in [2.05, 4.69) is 15.0 Å². The van der Waals surface area contributed by atoms with Gasteiger partial charge >= 0.3 is 0 Å². The van der Waals surface area contributed by atoms with Crippen LogP contribution in [0.4, 0.5) is 5.69 Å². The van der Waals surface area contributed by atoms with E-state index in [-0.39, 0.29) is 0 Å². The second-order valence-electron chi connectivity index (χ2n) is 3.17. The lowest BCUT2D eigenvalue weighted by molar-refractivity contribution is 1.15. The second kappa shape index (κ2) is 5.80. The summed E-state index contributed by atoms with van der Waals surface area (Å²) in [4.78, 5) is 12.6. The molecule has 0 saturated heterocycles. The van der Waals surface area contributed by atoms with Crippen LogP contribution in [0.2, 0.25) is 5.02 Å². The van der Waals surface area contributed by atoms with Crippen LogP contribution in [0.3, 0.4) is 0 Å². The maximum atomic E-state index is 6.06. The van der Waals surface area contributed by atoms with Gasteiger partial charge in [0.25, 0.3) is 0 Å². The number of benzene rings is 1. The van der Waals surface area contributed by atoms with Gasteiger partial charge in [0.05, 0.1) is 16.4 Å². The highest BCUT2D eigenvalue weighted by Gasteiger charge is 2.05. The molecule has 2 rings (SSSR count). The number of hydrogen-bond donors (Lipinski definition) is 0. The molecule has 0 amide bonds. The van der Waals surface area contributed by atoms with Gasteiger partial charge in [0, 0.05) is 6.20 Å². The molecule has 0 unspecified atom stereocenters. The maximum absolute atomic E-state index is 6.06. The van der Waals surface area contributed by atoms with E-state index >= 15 is 0 Å². The molecule has 2 aromatic rings. The van der Waals surface area contributed by atoms with Crippen molar-refractivity contribution in [1.29, 1.82) is 0 Å². The number of rotatable bonds is 2. The van der Waals surface area contributed by atoms with E-state index in [0.29, 0.717) is 5.02 Å². The number of nitrogens with zero attached hydrogens (tertiary/aromatic N) is 3. The van der Waals surface area contributed by atoms with Crippen molar-refractivity contribution in [3.63, 3.8) is 0 Å². The van der Waals surface area contributed by atoms with Gasteiger partial charge in [-0.3, -0.25) is 0 Å². The van der Waals surface area contributed by atoms with Crippen molar-refractivity contribution in [2.75, 3.05) is 6.26 Å². The Kier molecular flexibility index (Phi) is 4.12. The summed E-state index contributed by atoms with van der Waals surface area (Å²) in [6, 6.07) is 9.30. The molecule has 1 aromatic carbocycles. The lowest BCUT2D eigenvalue weighted by atomic mass is 10.3. The highest BCUT2D eigenvalue weighted by molar-refractivity contribution is 8.13. The van der Waals surface area contributed by atoms with Gasteiger partial charge in [0.1, 0.15) is 11.4 Å². The molecule has 0 fully saturated rings. The van der Waals surface area contributed by atoms with E-state index < -0.39 is 0 Å². The first-order valence-electron chi connectivity index (χ1n) is 4.95. The van der Waals surface area contributed by atoms with Crippen LogP contribution in [0.1, 0.15) is 5.69 Å². The number of aromatic nitrogens is 2. The van der Waals surface area contributed by atoms with Crippen molar-refractivity contribution in [2.45, 2.75) is 0 Å². The van der Waals surface area contributed by atoms with Crippen LogP contribution in [0.5, 0.6) is 0 Å². The topological polar surface area (TPSA) is 38.1 Å². The summed E-state index contributed by atoms with van der Waals surface area (Å²) in [5.41, 5.74) is 1.55. The fourth-order valence-electron chi connectivity index (χ4n) is 1.28. The molecule has 17 heavy (non-hydrogen) atoms. The van der Waals surface area contributed by atoms with Crippen LogP contribution in [0.25, 0.3) is 0 Å². The Labute approximate surface area is 109 Å². The Bertz CT molecular complexity index is 528. The van der Waals surface area contributed by atoms with Crippen LogP contribution < -0.4 is 0 Å². The normalized spacial score (nSPS) is 11.5. The Hall–Kier alpha value is -1.39. The van der Waals surface area contributed by atoms with E-state index in [1.54, 1.807) is 6.20 Å². The van der Waals surface area contributed by atoms with Gasteiger partial charge in [-0.1, -0.05) is 23.7 Å². The summed E-state index contributed by atoms with van der Waals surface area (Å²) in [6.07, 6.45) is 5.16. The summed E-state index contributed by atoms with van der Waals surface area (Å²) in [7, 11) is 0. The molecule has 0 radical (unpaired) electrons. The van der Waals surface area contributed by atoms with E-state index in [9.17, 15) is 0 Å². The first-order chi connectivity index (χ1) is 8.31. The molecule has 0 saturated carbocycles. The molecular weight excluding hydrogens is 254 g/mol. The Morgan fingerprint density at radius 3 is 2.76 bits per heavy atom. The molecule has 0 atom stereocenters. The lowest BCUT2D eigenvalue weighted by Crippen LogP contribution is -1.98. The monoisotopic (exact) mass is 263 g/mol. The van der Waals surface area contributed by atoms with Crippen molar-refractivity contribution in [2.24, 2.45) is 4.99 Å². The standard InChI is InChI=1S/C12H10ClN3S/c1-17-12(11-6-7-14-8-15-11)16-10-5-3-2-4-9(10)13/h2-8H,1H3. The van der Waals surface area contributed by atoms with Crippen LogP contribution >= 0.6 is 23.4 Å². The van der Waals surface area contributed by atoms with Crippen molar-refractivity contribution in [3.8, 4) is 0 Å². The smallest absolute Gasteiger partial charge is 0.122 e. The Morgan fingerprint density at radius 1 is 1.29 bits per heavy atom. The number of thioether (sulfide) groups is 1. The van der Waals surface area contributed by atoms with Crippen molar-refractivity contribution < 1.29 is 0 Å². The minimum absolute atomic E-state index is 0.633. The average molecular weight is 264 g/mol. The van der Waals surface area contributed by atoms with Crippen LogP contribution in [-0.2, 0) is 0 Å². The highest BCUT2D eigenvalue weighted by Crippen LogP contribution is 2.26. The van der Waals surface area contributed by atoms with Gasteiger partial charge in [-0.05, 0) is 24.5 Å². The Morgan fingerprint density at radius 2 is 2.12 bits per heavy atom. The van der Waals surface area contributed by atoms with E-state index in [1.807, 2.05) is 36.6 Å². The molecule has 0 aliphatic carbocycles. The third kappa shape index (κ3) is 3.05. The van der Waals surface area contributed by atoms with Crippen LogP contribution in [-0.4, -0.2) is 21.3 Å². The number of halogens is 1. The molecule has 1 heterocycles. The van der Waals surface area contributed by atoms with Gasteiger partial charge in [-0.15, -0.1) is 11.8 Å². The minimum Gasteiger partial charge on any atom is -0.245 e. The van der Waals surface area contributed by atoms with Crippen LogP contribution in [0, 0.1) is 0 Å². The third-order valence-corrected chi connectivity index (χ3v) is 3.08. The van der Waals surface area contributed by atoms with E-state index in [0.717, 1.165) is 16.4 Å². The molecule has 0 bridgehead atoms. The maximum Gasteiger partial charge on any atom is 0.122 e. The van der Waals surface area contributed by atoms with Crippen LogP contribution in [0.15, 0.2) is 47.8 Å². The molecule has 1 aromatic heterocycles. The predicted octanol–water partition coefficient (Wildman–Crippen LogP) is 3.57. The molecular formula is C12H10ClN3S. The van der Waals surface area contributed by atoms with Gasteiger partial charge < -0.3 is 0 Å². The number of hydrogen-bond acceptors (Lipinski definition) is 4. The summed E-state index contributed by atoms with van der Waals surface area (Å²) in [6.45, 7) is 0. The molecule has 0 N–H and O–H groups in total. The van der Waals surface area contributed by atoms with Crippen molar-refractivity contribution in [3.05, 3.63) is 53.6 Å². The zero-order valence-electron chi connectivity index (χ0n) is 9.17. The summed E-state index contributed by atoms with van der Waals surface area (Å²) < 4.78 is 0. The molecule has 3 nitrogen and oxygen atoms in total. The quantitative estimate of drug-likeness (QED) is 0.614. The summed E-state index contributed by atoms with van der Waals surface area (Å²) in [5, 5.41) is 1.45. The highest BCUT2D eigenvalue weighted by atomic mass is 35.5. The molecule has 0 aliphatic rings. The first-order valence-corrected chi connectivity index (χ1v) is 6.55. The van der Waals surface area contributed by atoms with Gasteiger partial charge in [0.15, 0.2) is 0 Å². The third-order valence-electron chi connectivity index (χ3n) is 2.07. The zero-order chi connectivity index (χ0) is 12.1. The molecule has 86 valence electrons. The summed E-state index contributed by atoms with van der Waals surface area (Å²) >= 11 is 7.59. The summed E-state index contributed by atoms with van der Waals surface area (Å²) in [5.74, 6) is 0. The first kappa shape index (κ1) is 12.1. The predicted molar refractivity (Wildman–Crippen MR) is 73.2 cm³/mol. The fourth-order valence-corrected chi connectivity index (χ4v) is 1.97. The Balaban J connectivity index is 2.40. The number of aliphatic imine (C=N–C) groups is 1. The van der Waals surface area contributed by atoms with E-state index in [1.165, 1.54) is 18.1 Å². The molecule has 0 spiro atoms. The second-order valence-corrected chi connectivity index (χ2v) is 4.37. The minimum atomic E-state index is 0.633. The van der Waals surface area contributed by atoms with E-state index in [4.69, 9.17) is 11.6 Å². The SMILES string of the molecule is CSC(=Nc1ccccc1Cl)c1ccncn1. The molecule has 5 heteroatoms. The molecule has 0 aliphatic heterocycles. The van der Waals surface area contributed by atoms with Crippen molar-refractivity contribution >= 4 is 34.1 Å². The van der Waals surface area contributed by atoms with Gasteiger partial charge in [0.2, 0.25) is 0 Å². The largest absolute Gasteiger partial charge is 0.245 e. The lowest BCUT2D eigenvalue weighted by Gasteiger charge is -2.03. The van der Waals surface area contributed by atoms with Gasteiger partial charge in [-0.2, -0.15) is 0 Å². The zero-order valence-corrected chi connectivity index (χ0v) is 10.7. The van der Waals surface area contributed by atoms with Crippen molar-refractivity contribution in [1.82, 2.24) is 9.97 Å². The average Bonchev–Trinajstić information content (AvgIpc) is 2.39. The van der Waals surface area contributed by atoms with Gasteiger partial charge in [-0.25, -0.2) is 15.0 Å². The number of para-hydroxylation sites is 1. The fraction of sp³-hybridized carbons (Fsp3) is 0.0833.